The second kappa shape index (κ2) is 7.25. The molecule has 0 aromatic heterocycles. The van der Waals surface area contributed by atoms with Crippen LogP contribution < -0.4 is 16.4 Å². The number of carbonyl (C=O) groups excluding carboxylic acids is 1. The molecule has 1 saturated heterocycles. The molecule has 0 saturated carbocycles. The molecule has 5 nitrogen and oxygen atoms in total. The summed E-state index contributed by atoms with van der Waals surface area (Å²) in [7, 11) is 0. The van der Waals surface area contributed by atoms with Gasteiger partial charge >= 0.3 is 0 Å². The molecule has 0 bridgehead atoms. The van der Waals surface area contributed by atoms with Crippen molar-refractivity contribution in [1.29, 1.82) is 5.41 Å². The van der Waals surface area contributed by atoms with Crippen LogP contribution in [0.2, 0.25) is 0 Å². The Bertz CT molecular complexity index is 832. The van der Waals surface area contributed by atoms with E-state index in [2.05, 4.69) is 17.6 Å². The lowest BCUT2D eigenvalue weighted by molar-refractivity contribution is -0.114. The van der Waals surface area contributed by atoms with Crippen molar-refractivity contribution in [1.82, 2.24) is 5.32 Å². The van der Waals surface area contributed by atoms with E-state index in [9.17, 15) is 9.18 Å². The van der Waals surface area contributed by atoms with Crippen molar-refractivity contribution in [2.45, 2.75) is 25.2 Å². The quantitative estimate of drug-likeness (QED) is 0.670. The summed E-state index contributed by atoms with van der Waals surface area (Å²) in [5.41, 5.74) is 7.11. The molecule has 6 heteroatoms. The lowest BCUT2D eigenvalue weighted by atomic mass is 9.76. The topological polar surface area (TPSA) is 91.0 Å². The van der Waals surface area contributed by atoms with E-state index in [4.69, 9.17) is 11.1 Å². The Morgan fingerprint density at radius 1 is 1.46 bits per heavy atom. The van der Waals surface area contributed by atoms with Gasteiger partial charge in [0.15, 0.2) is 0 Å². The van der Waals surface area contributed by atoms with Gasteiger partial charge in [-0.05, 0) is 43.2 Å². The molecule has 1 heterocycles. The number of allylic oxidation sites excluding steroid dienone is 4. The summed E-state index contributed by atoms with van der Waals surface area (Å²) in [6, 6.07) is 5.22. The second-order valence-corrected chi connectivity index (χ2v) is 6.96. The number of nitrogens with two attached hydrogens (primary N) is 1. The van der Waals surface area contributed by atoms with Crippen LogP contribution >= 0.6 is 0 Å². The van der Waals surface area contributed by atoms with Gasteiger partial charge in [-0.1, -0.05) is 25.1 Å². The molecule has 2 aliphatic rings. The van der Waals surface area contributed by atoms with E-state index in [1.165, 1.54) is 12.3 Å². The molecule has 1 unspecified atom stereocenters. The fourth-order valence-corrected chi connectivity index (χ4v) is 3.36. The molecule has 1 amide bonds. The summed E-state index contributed by atoms with van der Waals surface area (Å²) in [4.78, 5) is 11.3. The van der Waals surface area contributed by atoms with Crippen LogP contribution in [-0.4, -0.2) is 24.7 Å². The monoisotopic (exact) mass is 354 g/mol. The van der Waals surface area contributed by atoms with Crippen molar-refractivity contribution >= 4 is 17.3 Å². The Kier molecular flexibility index (Phi) is 5.04. The normalized spacial score (nSPS) is 24.5. The van der Waals surface area contributed by atoms with Gasteiger partial charge in [-0.25, -0.2) is 4.39 Å². The van der Waals surface area contributed by atoms with E-state index in [0.29, 0.717) is 11.3 Å². The molecule has 0 spiro atoms. The third kappa shape index (κ3) is 3.60. The number of primary amides is 1. The van der Waals surface area contributed by atoms with Gasteiger partial charge in [-0.3, -0.25) is 10.2 Å². The van der Waals surface area contributed by atoms with Crippen molar-refractivity contribution in [3.63, 3.8) is 0 Å². The molecule has 3 rings (SSSR count). The summed E-state index contributed by atoms with van der Waals surface area (Å²) < 4.78 is 14.6. The van der Waals surface area contributed by atoms with E-state index in [1.54, 1.807) is 24.3 Å². The number of rotatable bonds is 4. The number of nitrogens with one attached hydrogen (secondary N) is 3. The van der Waals surface area contributed by atoms with Gasteiger partial charge in [0.05, 0.1) is 17.0 Å². The number of hydrogen-bond donors (Lipinski definition) is 4. The zero-order valence-electron chi connectivity index (χ0n) is 14.7. The van der Waals surface area contributed by atoms with Gasteiger partial charge in [-0.2, -0.15) is 0 Å². The maximum Gasteiger partial charge on any atom is 0.250 e. The van der Waals surface area contributed by atoms with Gasteiger partial charge in [0.1, 0.15) is 5.82 Å². The van der Waals surface area contributed by atoms with Crippen LogP contribution in [0.5, 0.6) is 0 Å². The number of halogens is 1. The highest BCUT2D eigenvalue weighted by Crippen LogP contribution is 2.32. The molecule has 0 radical (unpaired) electrons. The number of hydrogen-bond acceptors (Lipinski definition) is 4. The highest BCUT2D eigenvalue weighted by Gasteiger charge is 2.29. The van der Waals surface area contributed by atoms with Gasteiger partial charge in [0.25, 0.3) is 5.91 Å². The van der Waals surface area contributed by atoms with Crippen molar-refractivity contribution in [3.05, 3.63) is 65.2 Å². The highest BCUT2D eigenvalue weighted by molar-refractivity contribution is 6.28. The molecule has 1 aromatic carbocycles. The first-order valence-electron chi connectivity index (χ1n) is 8.66. The van der Waals surface area contributed by atoms with Gasteiger partial charge in [0.2, 0.25) is 0 Å². The first-order chi connectivity index (χ1) is 12.4. The largest absolute Gasteiger partial charge is 0.366 e. The second-order valence-electron chi connectivity index (χ2n) is 6.96. The van der Waals surface area contributed by atoms with Crippen LogP contribution in [0, 0.1) is 11.2 Å². The van der Waals surface area contributed by atoms with Gasteiger partial charge in [-0.15, -0.1) is 0 Å². The fourth-order valence-electron chi connectivity index (χ4n) is 3.36. The standard InChI is InChI=1S/C20H23FN4O/c1-20(8-3-9-24-12-20)14-6-7-17(16(21)10-14)25-11-13-4-2-5-15(18(13)22)19(23)26/h2,4-7,10-11,22,24-25H,3,8-9,12H2,1H3,(H2,23,26)/b13-11-,22-18?. The minimum atomic E-state index is -0.657. The Morgan fingerprint density at radius 3 is 2.92 bits per heavy atom. The Morgan fingerprint density at radius 2 is 2.27 bits per heavy atom. The van der Waals surface area contributed by atoms with Crippen LogP contribution in [0.1, 0.15) is 25.3 Å². The number of anilines is 1. The Balaban J connectivity index is 1.77. The van der Waals surface area contributed by atoms with Crippen LogP contribution in [-0.2, 0) is 10.2 Å². The number of benzene rings is 1. The third-order valence-electron chi connectivity index (χ3n) is 5.01. The Hall–Kier alpha value is -2.73. The highest BCUT2D eigenvalue weighted by atomic mass is 19.1. The van der Waals surface area contributed by atoms with E-state index in [-0.39, 0.29) is 22.5 Å². The van der Waals surface area contributed by atoms with Crippen molar-refractivity contribution < 1.29 is 9.18 Å². The molecule has 1 aromatic rings. The summed E-state index contributed by atoms with van der Waals surface area (Å²) in [6.45, 7) is 3.99. The molecule has 1 aliphatic carbocycles. The minimum Gasteiger partial charge on any atom is -0.366 e. The van der Waals surface area contributed by atoms with Crippen LogP contribution in [0.25, 0.3) is 0 Å². The molecule has 1 atom stereocenters. The molecule has 1 fully saturated rings. The summed E-state index contributed by atoms with van der Waals surface area (Å²) in [6.07, 6.45) is 8.42. The molecule has 26 heavy (non-hydrogen) atoms. The lowest BCUT2D eigenvalue weighted by Gasteiger charge is -2.34. The van der Waals surface area contributed by atoms with E-state index >= 15 is 0 Å². The van der Waals surface area contributed by atoms with Crippen LogP contribution in [0.15, 0.2) is 53.8 Å². The average Bonchev–Trinajstić information content (AvgIpc) is 2.62. The summed E-state index contributed by atoms with van der Waals surface area (Å²) >= 11 is 0. The number of amides is 1. The smallest absolute Gasteiger partial charge is 0.250 e. The summed E-state index contributed by atoms with van der Waals surface area (Å²) in [5.74, 6) is -1.00. The maximum absolute atomic E-state index is 14.6. The maximum atomic E-state index is 14.6. The fraction of sp³-hybridized carbons (Fsp3) is 0.300. The third-order valence-corrected chi connectivity index (χ3v) is 5.01. The predicted molar refractivity (Wildman–Crippen MR) is 102 cm³/mol. The van der Waals surface area contributed by atoms with E-state index in [0.717, 1.165) is 31.5 Å². The number of carbonyl (C=O) groups is 1. The first-order valence-corrected chi connectivity index (χ1v) is 8.66. The van der Waals surface area contributed by atoms with Crippen molar-refractivity contribution in [3.8, 4) is 0 Å². The van der Waals surface area contributed by atoms with Gasteiger partial charge in [0, 0.05) is 23.7 Å². The molecular weight excluding hydrogens is 331 g/mol. The first kappa shape index (κ1) is 18.1. The van der Waals surface area contributed by atoms with Gasteiger partial charge < -0.3 is 16.4 Å². The lowest BCUT2D eigenvalue weighted by Crippen LogP contribution is -2.41. The van der Waals surface area contributed by atoms with Crippen molar-refractivity contribution in [2.75, 3.05) is 18.4 Å². The summed E-state index contributed by atoms with van der Waals surface area (Å²) in [5, 5.41) is 14.3. The van der Waals surface area contributed by atoms with Crippen molar-refractivity contribution in [2.24, 2.45) is 5.73 Å². The van der Waals surface area contributed by atoms with E-state index < -0.39 is 5.91 Å². The Labute approximate surface area is 152 Å². The molecule has 136 valence electrons. The zero-order chi connectivity index (χ0) is 18.7. The van der Waals surface area contributed by atoms with Crippen LogP contribution in [0.3, 0.4) is 0 Å². The average molecular weight is 354 g/mol. The zero-order valence-corrected chi connectivity index (χ0v) is 14.7. The molecule has 5 N–H and O–H groups in total. The minimum absolute atomic E-state index is 0.0188. The predicted octanol–water partition coefficient (Wildman–Crippen LogP) is 2.76. The SMILES string of the molecule is CC1(c2ccc(N/C=C3/C=CC=C(C(N)=O)C3=N)c(F)c2)CCCNC1. The number of piperidine rings is 1. The molecule has 1 aliphatic heterocycles. The van der Waals surface area contributed by atoms with Crippen LogP contribution in [0.4, 0.5) is 10.1 Å². The molecular formula is C20H23FN4O. The van der Waals surface area contributed by atoms with E-state index in [1.807, 2.05) is 6.07 Å².